The molecule has 308 valence electrons. The van der Waals surface area contributed by atoms with Crippen LogP contribution in [0.1, 0.15) is 11.1 Å². The van der Waals surface area contributed by atoms with Gasteiger partial charge in [-0.15, -0.1) is 0 Å². The Hall–Kier alpha value is -4.68. The van der Waals surface area contributed by atoms with Crippen LogP contribution in [-0.4, -0.2) is 55.7 Å². The van der Waals surface area contributed by atoms with Crippen LogP contribution in [0.3, 0.4) is 0 Å². The average Bonchev–Trinajstić information content (AvgIpc) is 3.06. The molecule has 0 aliphatic rings. The van der Waals surface area contributed by atoms with Gasteiger partial charge in [-0.25, -0.2) is 33.7 Å². The van der Waals surface area contributed by atoms with E-state index in [0.29, 0.717) is 26.0 Å². The maximum Gasteiger partial charge on any atom is 0.501 e. The van der Waals surface area contributed by atoms with Crippen molar-refractivity contribution in [3.63, 3.8) is 0 Å². The van der Waals surface area contributed by atoms with E-state index >= 15 is 0 Å². The molecule has 0 saturated heterocycles. The van der Waals surface area contributed by atoms with E-state index in [0.717, 1.165) is 18.2 Å². The summed E-state index contributed by atoms with van der Waals surface area (Å²) in [4.78, 5) is -8.08. The highest BCUT2D eigenvalue weighted by Gasteiger charge is 2.55. The third-order valence-electron chi connectivity index (χ3n) is 9.74. The summed E-state index contributed by atoms with van der Waals surface area (Å²) < 4.78 is 278. The molecule has 8 nitrogen and oxygen atoms in total. The lowest BCUT2D eigenvalue weighted by atomic mass is 9.84. The second-order valence-corrected chi connectivity index (χ2v) is 20.5. The van der Waals surface area contributed by atoms with E-state index < -0.39 is 146 Å². The van der Waals surface area contributed by atoms with E-state index in [2.05, 4.69) is 0 Å². The second kappa shape index (κ2) is 12.0. The fourth-order valence-electron chi connectivity index (χ4n) is 7.52. The molecular formula is C34H16F12O8S4. The highest BCUT2D eigenvalue weighted by Crippen LogP contribution is 2.54. The molecule has 7 aromatic rings. The van der Waals surface area contributed by atoms with E-state index in [9.17, 15) is 86.4 Å². The van der Waals surface area contributed by atoms with Crippen LogP contribution < -0.4 is 0 Å². The van der Waals surface area contributed by atoms with E-state index in [1.54, 1.807) is 0 Å². The number of halogens is 12. The van der Waals surface area contributed by atoms with Crippen LogP contribution in [0.4, 0.5) is 52.7 Å². The summed E-state index contributed by atoms with van der Waals surface area (Å²) in [6, 6.07) is 9.06. The normalized spacial score (nSPS) is 14.6. The second-order valence-electron chi connectivity index (χ2n) is 12.9. The minimum atomic E-state index is -6.88. The summed E-state index contributed by atoms with van der Waals surface area (Å²) in [5, 5.41) is -8.85. The Bertz CT molecular complexity index is 3460. The molecule has 0 spiro atoms. The Morgan fingerprint density at radius 3 is 1.31 bits per heavy atom. The van der Waals surface area contributed by atoms with Crippen molar-refractivity contribution in [3.8, 4) is 0 Å². The monoisotopic (exact) mass is 908 g/mol. The number of hydrogen-bond donors (Lipinski definition) is 0. The van der Waals surface area contributed by atoms with Crippen molar-refractivity contribution in [1.29, 1.82) is 0 Å². The zero-order valence-corrected chi connectivity index (χ0v) is 31.5. The number of alkyl halides is 12. The maximum absolute atomic E-state index is 14.5. The van der Waals surface area contributed by atoms with Gasteiger partial charge in [0.1, 0.15) is 0 Å². The van der Waals surface area contributed by atoms with Gasteiger partial charge >= 0.3 is 22.0 Å². The lowest BCUT2D eigenvalue weighted by molar-refractivity contribution is -0.0445. The predicted octanol–water partition coefficient (Wildman–Crippen LogP) is 9.83. The van der Waals surface area contributed by atoms with Gasteiger partial charge in [-0.2, -0.15) is 52.7 Å². The van der Waals surface area contributed by atoms with Gasteiger partial charge in [-0.05, 0) is 86.3 Å². The van der Waals surface area contributed by atoms with E-state index in [4.69, 9.17) is 0 Å². The molecule has 0 aliphatic carbocycles. The molecule has 0 amide bonds. The van der Waals surface area contributed by atoms with E-state index in [1.807, 2.05) is 0 Å². The van der Waals surface area contributed by atoms with Crippen molar-refractivity contribution in [2.24, 2.45) is 0 Å². The lowest BCUT2D eigenvalue weighted by Crippen LogP contribution is -2.28. The number of rotatable bonds is 4. The van der Waals surface area contributed by atoms with Gasteiger partial charge in [-0.3, -0.25) is 0 Å². The highest BCUT2D eigenvalue weighted by atomic mass is 32.2. The Balaban J connectivity index is 2.00. The molecule has 0 radical (unpaired) electrons. The molecule has 0 atom stereocenters. The Morgan fingerprint density at radius 1 is 0.362 bits per heavy atom. The Kier molecular flexibility index (Phi) is 8.56. The average molecular weight is 909 g/mol. The fourth-order valence-corrected chi connectivity index (χ4v) is 12.3. The molecule has 0 aliphatic heterocycles. The van der Waals surface area contributed by atoms with Crippen molar-refractivity contribution >= 4 is 104 Å². The summed E-state index contributed by atoms with van der Waals surface area (Å²) in [5.74, 6) is 0. The summed E-state index contributed by atoms with van der Waals surface area (Å²) >= 11 is 0. The first-order valence-electron chi connectivity index (χ1n) is 15.5. The van der Waals surface area contributed by atoms with Crippen molar-refractivity contribution in [3.05, 3.63) is 71.8 Å². The molecule has 58 heavy (non-hydrogen) atoms. The molecular weight excluding hydrogens is 893 g/mol. The third-order valence-corrected chi connectivity index (χ3v) is 16.4. The quantitative estimate of drug-likeness (QED) is 0.0968. The standard InChI is InChI=1S/C34H16F12O8S4/c1-13-23(55(47,48)31(35,36)37)12-20-21(28(13)56(49,50)32(38,39)40)11-19-16-7-4-3-6-15(16)10-22-26(19)25(20)17-8-5-9-18-24(17)27(22)30(58(53,54)34(44,45)46)14(2)29(18)57(51,52)33(41,42)43/h3-12H,1-2H3. The lowest BCUT2D eigenvalue weighted by Gasteiger charge is -2.25. The highest BCUT2D eigenvalue weighted by molar-refractivity contribution is 7.94. The molecule has 0 bridgehead atoms. The molecule has 0 N–H and O–H groups in total. The van der Waals surface area contributed by atoms with Crippen LogP contribution in [0.2, 0.25) is 0 Å². The van der Waals surface area contributed by atoms with Crippen LogP contribution in [0.15, 0.2) is 80.2 Å². The molecule has 7 aromatic carbocycles. The smallest absolute Gasteiger partial charge is 0.214 e. The minimum Gasteiger partial charge on any atom is -0.214 e. The summed E-state index contributed by atoms with van der Waals surface area (Å²) in [6.45, 7) is 0.696. The molecule has 0 saturated carbocycles. The first-order valence-corrected chi connectivity index (χ1v) is 21.5. The Morgan fingerprint density at radius 2 is 0.776 bits per heavy atom. The summed E-state index contributed by atoms with van der Waals surface area (Å²) in [6.07, 6.45) is 0. The zero-order chi connectivity index (χ0) is 43.5. The zero-order valence-electron chi connectivity index (χ0n) is 28.2. The molecule has 0 heterocycles. The van der Waals surface area contributed by atoms with Gasteiger partial charge in [0, 0.05) is 21.5 Å². The summed E-state index contributed by atoms with van der Waals surface area (Å²) in [5.41, 5.74) is -28.4. The van der Waals surface area contributed by atoms with Crippen LogP contribution in [0.5, 0.6) is 0 Å². The fraction of sp³-hybridized carbons (Fsp3) is 0.176. The van der Waals surface area contributed by atoms with Gasteiger partial charge in [0.15, 0.2) is 0 Å². The number of benzene rings is 7. The van der Waals surface area contributed by atoms with Crippen LogP contribution in [-0.2, 0) is 39.3 Å². The van der Waals surface area contributed by atoms with Crippen molar-refractivity contribution in [2.45, 2.75) is 55.5 Å². The van der Waals surface area contributed by atoms with Crippen LogP contribution in [0.25, 0.3) is 64.6 Å². The number of sulfone groups is 4. The molecule has 0 unspecified atom stereocenters. The summed E-state index contributed by atoms with van der Waals surface area (Å²) in [7, 11) is -27.3. The Labute approximate surface area is 316 Å². The van der Waals surface area contributed by atoms with Gasteiger partial charge in [-0.1, -0.05) is 42.5 Å². The predicted molar refractivity (Wildman–Crippen MR) is 185 cm³/mol. The first-order chi connectivity index (χ1) is 26.2. The topological polar surface area (TPSA) is 137 Å². The third kappa shape index (κ3) is 5.32. The maximum atomic E-state index is 14.5. The van der Waals surface area contributed by atoms with Gasteiger partial charge in [0.25, 0.3) is 39.3 Å². The van der Waals surface area contributed by atoms with Crippen molar-refractivity contribution in [2.75, 3.05) is 0 Å². The molecule has 24 heteroatoms. The van der Waals surface area contributed by atoms with Crippen LogP contribution in [0, 0.1) is 13.8 Å². The van der Waals surface area contributed by atoms with Gasteiger partial charge < -0.3 is 0 Å². The number of hydrogen-bond acceptors (Lipinski definition) is 8. The van der Waals surface area contributed by atoms with E-state index in [1.165, 1.54) is 24.3 Å². The minimum absolute atomic E-state index is 0.0479. The molecule has 0 aromatic heterocycles. The van der Waals surface area contributed by atoms with Gasteiger partial charge in [0.05, 0.1) is 19.6 Å². The van der Waals surface area contributed by atoms with Gasteiger partial charge in [0.2, 0.25) is 0 Å². The van der Waals surface area contributed by atoms with Crippen molar-refractivity contribution < 1.29 is 86.4 Å². The first kappa shape index (κ1) is 41.5. The number of fused-ring (bicyclic) bond motifs is 6. The SMILES string of the molecule is Cc1c(S(=O)(=O)C(F)(F)F)cc2c(cc3c4ccccc4cc4c5c(S(=O)(=O)C(F)(F)F)c(C)c(S(=O)(=O)C(F)(F)F)c6cccc(c65)c2c34)c1S(=O)(=O)C(F)(F)F. The largest absolute Gasteiger partial charge is 0.501 e. The molecule has 0 fully saturated rings. The molecule has 7 rings (SSSR count). The van der Waals surface area contributed by atoms with Crippen molar-refractivity contribution in [1.82, 2.24) is 0 Å². The van der Waals surface area contributed by atoms with Crippen LogP contribution >= 0.6 is 0 Å². The van der Waals surface area contributed by atoms with E-state index in [-0.39, 0.29) is 16.8 Å².